The first-order valence-electron chi connectivity index (χ1n) is 8.47. The minimum atomic E-state index is -0.167. The number of aromatic nitrogens is 1. The normalized spacial score (nSPS) is 17.2. The van der Waals surface area contributed by atoms with Crippen molar-refractivity contribution in [3.8, 4) is 6.07 Å². The Kier molecular flexibility index (Phi) is 4.19. The highest BCUT2D eigenvalue weighted by molar-refractivity contribution is 5.89. The number of aryl methyl sites for hydroxylation is 1. The van der Waals surface area contributed by atoms with Crippen molar-refractivity contribution in [2.24, 2.45) is 4.99 Å². The van der Waals surface area contributed by atoms with Crippen LogP contribution in [0.15, 0.2) is 35.5 Å². The molecular weight excluding hydrogens is 296 g/mol. The maximum atomic E-state index is 9.88. The monoisotopic (exact) mass is 320 g/mol. The molecule has 0 bridgehead atoms. The van der Waals surface area contributed by atoms with E-state index in [1.165, 1.54) is 5.56 Å². The van der Waals surface area contributed by atoms with Crippen molar-refractivity contribution in [1.29, 1.82) is 5.26 Å². The lowest BCUT2D eigenvalue weighted by Crippen LogP contribution is -2.32. The van der Waals surface area contributed by atoms with Gasteiger partial charge < -0.3 is 9.47 Å². The molecule has 1 aliphatic heterocycles. The molecule has 1 unspecified atom stereocenters. The molecule has 0 saturated carbocycles. The van der Waals surface area contributed by atoms with E-state index >= 15 is 0 Å². The molecule has 0 radical (unpaired) electrons. The molecule has 0 aliphatic carbocycles. The van der Waals surface area contributed by atoms with Gasteiger partial charge >= 0.3 is 0 Å². The maximum Gasteiger partial charge on any atom is 0.163 e. The lowest BCUT2D eigenvalue weighted by molar-refractivity contribution is 0.224. The standard InChI is InChI=1S/C20H24N4/c1-13(2)23-10-6-9-22-20(23)19-17(12-21)16-8-7-15(5)11-18(16)24(19)14(3)4/h6-11,13-14,20H,1-5H3. The molecule has 4 heteroatoms. The Morgan fingerprint density at radius 3 is 2.54 bits per heavy atom. The van der Waals surface area contributed by atoms with Crippen molar-refractivity contribution in [2.45, 2.75) is 52.9 Å². The molecule has 0 saturated heterocycles. The molecule has 3 rings (SSSR count). The Morgan fingerprint density at radius 1 is 1.17 bits per heavy atom. The summed E-state index contributed by atoms with van der Waals surface area (Å²) >= 11 is 0. The fourth-order valence-corrected chi connectivity index (χ4v) is 3.46. The second-order valence-electron chi connectivity index (χ2n) is 6.91. The van der Waals surface area contributed by atoms with Crippen molar-refractivity contribution < 1.29 is 0 Å². The van der Waals surface area contributed by atoms with Gasteiger partial charge in [-0.3, -0.25) is 4.99 Å². The van der Waals surface area contributed by atoms with Gasteiger partial charge in [-0.05, 0) is 52.3 Å². The van der Waals surface area contributed by atoms with Gasteiger partial charge in [0.15, 0.2) is 6.17 Å². The molecule has 1 aliphatic rings. The lowest BCUT2D eigenvalue weighted by Gasteiger charge is -2.34. The SMILES string of the molecule is Cc1ccc2c(C#N)c(C3N=CC=CN3C(C)C)n(C(C)C)c2c1. The molecule has 0 fully saturated rings. The number of nitrogens with zero attached hydrogens (tertiary/aromatic N) is 4. The van der Waals surface area contributed by atoms with E-state index < -0.39 is 0 Å². The predicted octanol–water partition coefficient (Wildman–Crippen LogP) is 4.71. The summed E-state index contributed by atoms with van der Waals surface area (Å²) in [5.74, 6) is 0. The van der Waals surface area contributed by atoms with Crippen LogP contribution in [0.25, 0.3) is 10.9 Å². The Morgan fingerprint density at radius 2 is 1.92 bits per heavy atom. The molecule has 2 aromatic rings. The van der Waals surface area contributed by atoms with E-state index in [0.717, 1.165) is 22.2 Å². The van der Waals surface area contributed by atoms with Crippen LogP contribution in [0.1, 0.15) is 56.7 Å². The summed E-state index contributed by atoms with van der Waals surface area (Å²) in [6, 6.07) is 9.30. The summed E-state index contributed by atoms with van der Waals surface area (Å²) in [5.41, 5.74) is 4.04. The van der Waals surface area contributed by atoms with Gasteiger partial charge in [0, 0.05) is 29.9 Å². The van der Waals surface area contributed by atoms with Crippen LogP contribution in [0.4, 0.5) is 0 Å². The smallest absolute Gasteiger partial charge is 0.163 e. The summed E-state index contributed by atoms with van der Waals surface area (Å²) in [7, 11) is 0. The van der Waals surface area contributed by atoms with Crippen molar-refractivity contribution in [2.75, 3.05) is 0 Å². The third-order valence-electron chi connectivity index (χ3n) is 4.52. The molecule has 1 aromatic heterocycles. The third-order valence-corrected chi connectivity index (χ3v) is 4.52. The van der Waals surface area contributed by atoms with Crippen LogP contribution >= 0.6 is 0 Å². The summed E-state index contributed by atoms with van der Waals surface area (Å²) in [6.07, 6.45) is 5.68. The van der Waals surface area contributed by atoms with E-state index in [0.29, 0.717) is 6.04 Å². The third kappa shape index (κ3) is 2.50. The van der Waals surface area contributed by atoms with Gasteiger partial charge in [-0.15, -0.1) is 0 Å². The molecule has 1 aromatic carbocycles. The van der Waals surface area contributed by atoms with Crippen molar-refractivity contribution >= 4 is 17.1 Å². The van der Waals surface area contributed by atoms with Gasteiger partial charge in [0.25, 0.3) is 0 Å². The van der Waals surface area contributed by atoms with Crippen molar-refractivity contribution in [3.63, 3.8) is 0 Å². The number of allylic oxidation sites excluding steroid dienone is 1. The van der Waals surface area contributed by atoms with Crippen LogP contribution in [0.5, 0.6) is 0 Å². The molecule has 0 N–H and O–H groups in total. The van der Waals surface area contributed by atoms with Crippen LogP contribution in [0.2, 0.25) is 0 Å². The molecular formula is C20H24N4. The molecule has 24 heavy (non-hydrogen) atoms. The van der Waals surface area contributed by atoms with E-state index in [2.05, 4.69) is 74.6 Å². The van der Waals surface area contributed by atoms with Crippen LogP contribution in [-0.2, 0) is 0 Å². The Hall–Kier alpha value is -2.54. The average molecular weight is 320 g/mol. The Labute approximate surface area is 143 Å². The zero-order valence-corrected chi connectivity index (χ0v) is 15.0. The highest BCUT2D eigenvalue weighted by Gasteiger charge is 2.30. The predicted molar refractivity (Wildman–Crippen MR) is 99.1 cm³/mol. The quantitative estimate of drug-likeness (QED) is 0.822. The van der Waals surface area contributed by atoms with Crippen LogP contribution in [0, 0.1) is 18.3 Å². The van der Waals surface area contributed by atoms with E-state index in [1.54, 1.807) is 0 Å². The van der Waals surface area contributed by atoms with E-state index in [4.69, 9.17) is 4.99 Å². The van der Waals surface area contributed by atoms with Crippen LogP contribution in [-0.4, -0.2) is 21.7 Å². The van der Waals surface area contributed by atoms with Gasteiger partial charge in [0.05, 0.1) is 16.8 Å². The first-order chi connectivity index (χ1) is 11.5. The maximum absolute atomic E-state index is 9.88. The number of fused-ring (bicyclic) bond motifs is 1. The number of benzene rings is 1. The Bertz CT molecular complexity index is 862. The highest BCUT2D eigenvalue weighted by atomic mass is 15.3. The molecule has 0 spiro atoms. The van der Waals surface area contributed by atoms with E-state index in [-0.39, 0.29) is 12.2 Å². The van der Waals surface area contributed by atoms with Gasteiger partial charge in [-0.1, -0.05) is 12.1 Å². The van der Waals surface area contributed by atoms with E-state index in [9.17, 15) is 5.26 Å². The highest BCUT2D eigenvalue weighted by Crippen LogP contribution is 2.37. The van der Waals surface area contributed by atoms with E-state index in [1.807, 2.05) is 12.3 Å². The van der Waals surface area contributed by atoms with Gasteiger partial charge in [-0.2, -0.15) is 5.26 Å². The molecule has 1 atom stereocenters. The van der Waals surface area contributed by atoms with Crippen molar-refractivity contribution in [1.82, 2.24) is 9.47 Å². The summed E-state index contributed by atoms with van der Waals surface area (Å²) in [4.78, 5) is 6.92. The number of aliphatic imine (C=N–C) groups is 1. The zero-order valence-electron chi connectivity index (χ0n) is 15.0. The molecule has 124 valence electrons. The molecule has 4 nitrogen and oxygen atoms in total. The number of nitriles is 1. The van der Waals surface area contributed by atoms with Crippen molar-refractivity contribution in [3.05, 3.63) is 47.3 Å². The first kappa shape index (κ1) is 16.3. The summed E-state index contributed by atoms with van der Waals surface area (Å²) < 4.78 is 2.28. The largest absolute Gasteiger partial charge is 0.349 e. The van der Waals surface area contributed by atoms with Gasteiger partial charge in [-0.25, -0.2) is 0 Å². The molecule has 0 amide bonds. The topological polar surface area (TPSA) is 44.3 Å². The average Bonchev–Trinajstić information content (AvgIpc) is 2.87. The fraction of sp³-hybridized carbons (Fsp3) is 0.400. The fourth-order valence-electron chi connectivity index (χ4n) is 3.46. The second kappa shape index (κ2) is 6.16. The first-order valence-corrected chi connectivity index (χ1v) is 8.47. The number of hydrogen-bond donors (Lipinski definition) is 0. The number of rotatable bonds is 3. The lowest BCUT2D eigenvalue weighted by atomic mass is 10.1. The second-order valence-corrected chi connectivity index (χ2v) is 6.91. The Balaban J connectivity index is 2.34. The van der Waals surface area contributed by atoms with Crippen LogP contribution in [0.3, 0.4) is 0 Å². The number of hydrogen-bond acceptors (Lipinski definition) is 3. The molecule has 2 heterocycles. The summed E-state index contributed by atoms with van der Waals surface area (Å²) in [6.45, 7) is 10.7. The van der Waals surface area contributed by atoms with Gasteiger partial charge in [0.1, 0.15) is 6.07 Å². The minimum Gasteiger partial charge on any atom is -0.349 e. The zero-order chi connectivity index (χ0) is 17.4. The minimum absolute atomic E-state index is 0.167. The van der Waals surface area contributed by atoms with Crippen LogP contribution < -0.4 is 0 Å². The van der Waals surface area contributed by atoms with Gasteiger partial charge in [0.2, 0.25) is 0 Å². The summed E-state index contributed by atoms with van der Waals surface area (Å²) in [5, 5.41) is 10.9.